The summed E-state index contributed by atoms with van der Waals surface area (Å²) in [7, 11) is 3.38. The fourth-order valence-corrected chi connectivity index (χ4v) is 1.77. The molecule has 0 aromatic carbocycles. The highest BCUT2D eigenvalue weighted by Gasteiger charge is 2.21. The molecule has 6 nitrogen and oxygen atoms in total. The Hall–Kier alpha value is -1.11. The molecule has 1 aromatic heterocycles. The van der Waals surface area contributed by atoms with E-state index < -0.39 is 0 Å². The van der Waals surface area contributed by atoms with Crippen molar-refractivity contribution in [2.45, 2.75) is 25.4 Å². The van der Waals surface area contributed by atoms with Crippen LogP contribution in [-0.2, 0) is 16.0 Å². The van der Waals surface area contributed by atoms with E-state index in [0.717, 1.165) is 25.3 Å². The molecule has 6 heteroatoms. The van der Waals surface area contributed by atoms with E-state index in [2.05, 4.69) is 10.3 Å². The van der Waals surface area contributed by atoms with Gasteiger partial charge in [0.25, 0.3) is 6.01 Å². The van der Waals surface area contributed by atoms with E-state index >= 15 is 0 Å². The monoisotopic (exact) mass is 269 g/mol. The van der Waals surface area contributed by atoms with E-state index in [-0.39, 0.29) is 0 Å². The molecule has 2 rings (SSSR count). The third kappa shape index (κ3) is 4.81. The van der Waals surface area contributed by atoms with Crippen molar-refractivity contribution in [1.82, 2.24) is 10.3 Å². The van der Waals surface area contributed by atoms with Gasteiger partial charge in [0.1, 0.15) is 6.26 Å². The summed E-state index contributed by atoms with van der Waals surface area (Å²) < 4.78 is 15.7. The van der Waals surface area contributed by atoms with E-state index in [1.54, 1.807) is 20.5 Å². The Bertz CT molecular complexity index is 358. The third-order valence-corrected chi connectivity index (χ3v) is 3.09. The lowest BCUT2D eigenvalue weighted by Gasteiger charge is -2.19. The second-order valence-electron chi connectivity index (χ2n) is 4.75. The molecule has 0 atom stereocenters. The van der Waals surface area contributed by atoms with Gasteiger partial charge in [0, 0.05) is 39.9 Å². The zero-order valence-electron chi connectivity index (χ0n) is 11.7. The van der Waals surface area contributed by atoms with Crippen molar-refractivity contribution in [3.05, 3.63) is 12.0 Å². The van der Waals surface area contributed by atoms with Gasteiger partial charge in [-0.05, 0) is 12.8 Å². The fraction of sp³-hybridized carbons (Fsp3) is 0.769. The highest BCUT2D eigenvalue weighted by molar-refractivity contribution is 5.26. The first-order valence-corrected chi connectivity index (χ1v) is 6.74. The van der Waals surface area contributed by atoms with Gasteiger partial charge in [0.05, 0.1) is 18.9 Å². The minimum atomic E-state index is 0.640. The predicted molar refractivity (Wildman–Crippen MR) is 72.3 cm³/mol. The summed E-state index contributed by atoms with van der Waals surface area (Å²) in [6, 6.07) is 1.32. The maximum absolute atomic E-state index is 5.54. The van der Waals surface area contributed by atoms with Crippen LogP contribution < -0.4 is 10.2 Å². The zero-order chi connectivity index (χ0) is 13.5. The molecule has 1 N–H and O–H groups in total. The van der Waals surface area contributed by atoms with Crippen molar-refractivity contribution in [1.29, 1.82) is 0 Å². The molecule has 1 saturated carbocycles. The van der Waals surface area contributed by atoms with Crippen LogP contribution in [0.3, 0.4) is 0 Å². The lowest BCUT2D eigenvalue weighted by molar-refractivity contribution is 0.188. The van der Waals surface area contributed by atoms with Crippen LogP contribution in [-0.4, -0.2) is 51.5 Å². The quantitative estimate of drug-likeness (QED) is 0.684. The maximum atomic E-state index is 5.54. The van der Waals surface area contributed by atoms with E-state index in [9.17, 15) is 0 Å². The van der Waals surface area contributed by atoms with Crippen molar-refractivity contribution < 1.29 is 13.9 Å². The average molecular weight is 269 g/mol. The van der Waals surface area contributed by atoms with Crippen LogP contribution in [0.15, 0.2) is 10.7 Å². The molecule has 1 fully saturated rings. The number of methoxy groups -OCH3 is 2. The van der Waals surface area contributed by atoms with Crippen molar-refractivity contribution >= 4 is 6.01 Å². The number of anilines is 1. The molecule has 0 aliphatic heterocycles. The molecule has 19 heavy (non-hydrogen) atoms. The first-order valence-electron chi connectivity index (χ1n) is 6.74. The van der Waals surface area contributed by atoms with Crippen LogP contribution >= 0.6 is 0 Å². The minimum Gasteiger partial charge on any atom is -0.432 e. The van der Waals surface area contributed by atoms with Gasteiger partial charge in [-0.3, -0.25) is 0 Å². The molecule has 1 aliphatic rings. The number of rotatable bonds is 10. The second-order valence-corrected chi connectivity index (χ2v) is 4.75. The molecule has 0 spiro atoms. The molecule has 0 radical (unpaired) electrons. The van der Waals surface area contributed by atoms with Gasteiger partial charge in [-0.15, -0.1) is 0 Å². The molecule has 0 unspecified atom stereocenters. The number of nitrogens with one attached hydrogen (secondary N) is 1. The Labute approximate surface area is 114 Å². The van der Waals surface area contributed by atoms with Gasteiger partial charge >= 0.3 is 0 Å². The second kappa shape index (κ2) is 7.47. The molecule has 1 heterocycles. The summed E-state index contributed by atoms with van der Waals surface area (Å²) in [6.07, 6.45) is 4.27. The molecular formula is C13H23N3O3. The number of aromatic nitrogens is 1. The van der Waals surface area contributed by atoms with Crippen LogP contribution in [0, 0.1) is 0 Å². The number of oxazole rings is 1. The van der Waals surface area contributed by atoms with Gasteiger partial charge in [0.15, 0.2) is 0 Å². The number of ether oxygens (including phenoxy) is 2. The molecule has 1 aromatic rings. The smallest absolute Gasteiger partial charge is 0.297 e. The van der Waals surface area contributed by atoms with Crippen LogP contribution in [0.1, 0.15) is 18.5 Å². The van der Waals surface area contributed by atoms with Gasteiger partial charge in [-0.25, -0.2) is 0 Å². The van der Waals surface area contributed by atoms with Gasteiger partial charge in [0.2, 0.25) is 0 Å². The lowest BCUT2D eigenvalue weighted by atomic mass is 10.4. The summed E-state index contributed by atoms with van der Waals surface area (Å²) in [5.41, 5.74) is 0.946. The SMILES string of the molecule is COCCN(CCOC)c1nc(CNC2CC2)co1. The first-order chi connectivity index (χ1) is 9.33. The molecule has 0 amide bonds. The Morgan fingerprint density at radius 1 is 1.32 bits per heavy atom. The van der Waals surface area contributed by atoms with E-state index in [1.807, 2.05) is 4.90 Å². The maximum Gasteiger partial charge on any atom is 0.297 e. The highest BCUT2D eigenvalue weighted by atomic mass is 16.5. The Kier molecular flexibility index (Phi) is 5.62. The van der Waals surface area contributed by atoms with Crippen molar-refractivity contribution in [3.63, 3.8) is 0 Å². The van der Waals surface area contributed by atoms with Gasteiger partial charge in [-0.2, -0.15) is 4.98 Å². The Morgan fingerprint density at radius 3 is 2.58 bits per heavy atom. The predicted octanol–water partition coefficient (Wildman–Crippen LogP) is 1.03. The average Bonchev–Trinajstić information content (AvgIpc) is 3.14. The van der Waals surface area contributed by atoms with Crippen molar-refractivity contribution in [3.8, 4) is 0 Å². The topological polar surface area (TPSA) is 59.8 Å². The van der Waals surface area contributed by atoms with Gasteiger partial charge in [-0.1, -0.05) is 0 Å². The van der Waals surface area contributed by atoms with Crippen LogP contribution in [0.25, 0.3) is 0 Å². The van der Waals surface area contributed by atoms with E-state index in [4.69, 9.17) is 13.9 Å². The number of hydrogen-bond acceptors (Lipinski definition) is 6. The molecular weight excluding hydrogens is 246 g/mol. The highest BCUT2D eigenvalue weighted by Crippen LogP contribution is 2.20. The standard InChI is InChI=1S/C13H23N3O3/c1-17-7-5-16(6-8-18-2)13-15-12(10-19-13)9-14-11-3-4-11/h10-11,14H,3-9H2,1-2H3. The zero-order valence-corrected chi connectivity index (χ0v) is 11.7. The van der Waals surface area contributed by atoms with E-state index in [0.29, 0.717) is 25.3 Å². The van der Waals surface area contributed by atoms with Crippen LogP contribution in [0.5, 0.6) is 0 Å². The summed E-state index contributed by atoms with van der Waals surface area (Å²) in [5, 5.41) is 3.42. The Morgan fingerprint density at radius 2 is 2.00 bits per heavy atom. The summed E-state index contributed by atoms with van der Waals surface area (Å²) in [4.78, 5) is 6.54. The van der Waals surface area contributed by atoms with Crippen molar-refractivity contribution in [2.24, 2.45) is 0 Å². The lowest BCUT2D eigenvalue weighted by Crippen LogP contribution is -2.31. The number of hydrogen-bond donors (Lipinski definition) is 1. The van der Waals surface area contributed by atoms with Crippen LogP contribution in [0.2, 0.25) is 0 Å². The first kappa shape index (κ1) is 14.3. The number of nitrogens with zero attached hydrogens (tertiary/aromatic N) is 2. The van der Waals surface area contributed by atoms with Gasteiger partial charge < -0.3 is 24.1 Å². The normalized spacial score (nSPS) is 14.8. The summed E-state index contributed by atoms with van der Waals surface area (Å²) in [5.74, 6) is 0. The molecule has 108 valence electrons. The largest absolute Gasteiger partial charge is 0.432 e. The minimum absolute atomic E-state index is 0.640. The Balaban J connectivity index is 1.86. The molecule has 0 bridgehead atoms. The fourth-order valence-electron chi connectivity index (χ4n) is 1.77. The summed E-state index contributed by atoms with van der Waals surface area (Å²) >= 11 is 0. The molecule has 0 saturated heterocycles. The third-order valence-electron chi connectivity index (χ3n) is 3.09. The van der Waals surface area contributed by atoms with Crippen LogP contribution in [0.4, 0.5) is 6.01 Å². The molecule has 1 aliphatic carbocycles. The summed E-state index contributed by atoms with van der Waals surface area (Å²) in [6.45, 7) is 3.55. The van der Waals surface area contributed by atoms with Crippen molar-refractivity contribution in [2.75, 3.05) is 45.4 Å². The van der Waals surface area contributed by atoms with E-state index in [1.165, 1.54) is 12.8 Å².